The number of benzene rings is 1. The van der Waals surface area contributed by atoms with Gasteiger partial charge in [0.05, 0.1) is 0 Å². The predicted octanol–water partition coefficient (Wildman–Crippen LogP) is 0.757. The fraction of sp³-hybridized carbons (Fsp3) is 0.273. The summed E-state index contributed by atoms with van der Waals surface area (Å²) in [7, 11) is 0. The molecule has 0 saturated heterocycles. The zero-order chi connectivity index (χ0) is 13.5. The number of aliphatic carboxylic acids is 1. The van der Waals surface area contributed by atoms with Crippen LogP contribution < -0.4 is 15.2 Å². The maximum Gasteiger partial charge on any atom is 0.387 e. The van der Waals surface area contributed by atoms with Crippen molar-refractivity contribution >= 4 is 17.6 Å². The van der Waals surface area contributed by atoms with Crippen molar-refractivity contribution in [3.05, 3.63) is 24.3 Å². The van der Waals surface area contributed by atoms with Crippen LogP contribution in [-0.2, 0) is 9.59 Å². The summed E-state index contributed by atoms with van der Waals surface area (Å²) in [5.41, 5.74) is 0.361. The standard InChI is InChI=1S/C11H11F2NO4/c12-11(13)18-8-3-1-7(2-4-8)14-9(15)5-6-10(16)17/h1-4,11H,5-6H2,(H,14,15)(H,16,17)/p-1. The highest BCUT2D eigenvalue weighted by atomic mass is 19.3. The highest BCUT2D eigenvalue weighted by Gasteiger charge is 2.05. The lowest BCUT2D eigenvalue weighted by atomic mass is 10.2. The van der Waals surface area contributed by atoms with Crippen LogP contribution in [-0.4, -0.2) is 18.5 Å². The number of ether oxygens (including phenoxy) is 1. The smallest absolute Gasteiger partial charge is 0.387 e. The van der Waals surface area contributed by atoms with E-state index in [9.17, 15) is 23.5 Å². The Hall–Kier alpha value is -2.18. The molecule has 5 nitrogen and oxygen atoms in total. The van der Waals surface area contributed by atoms with E-state index in [1.165, 1.54) is 24.3 Å². The minimum atomic E-state index is -2.91. The Kier molecular flexibility index (Phi) is 5.04. The number of carboxylic acid groups (broad SMARTS) is 1. The van der Waals surface area contributed by atoms with Gasteiger partial charge in [-0.3, -0.25) is 4.79 Å². The van der Waals surface area contributed by atoms with Gasteiger partial charge in [0.15, 0.2) is 0 Å². The predicted molar refractivity (Wildman–Crippen MR) is 55.9 cm³/mol. The lowest BCUT2D eigenvalue weighted by Crippen LogP contribution is -2.24. The number of amides is 1. The molecule has 0 heterocycles. The van der Waals surface area contributed by atoms with Gasteiger partial charge in [0, 0.05) is 18.1 Å². The summed E-state index contributed by atoms with van der Waals surface area (Å²) in [5.74, 6) is -1.84. The van der Waals surface area contributed by atoms with Crippen molar-refractivity contribution in [3.63, 3.8) is 0 Å². The third-order valence-corrected chi connectivity index (χ3v) is 1.92. The van der Waals surface area contributed by atoms with E-state index in [1.807, 2.05) is 0 Å². The Labute approximate surface area is 101 Å². The molecule has 0 aliphatic rings. The van der Waals surface area contributed by atoms with E-state index in [0.717, 1.165) is 0 Å². The van der Waals surface area contributed by atoms with Crippen LogP contribution >= 0.6 is 0 Å². The van der Waals surface area contributed by atoms with E-state index in [2.05, 4.69) is 10.1 Å². The number of anilines is 1. The zero-order valence-electron chi connectivity index (χ0n) is 9.19. The van der Waals surface area contributed by atoms with Crippen molar-refractivity contribution in [1.82, 2.24) is 0 Å². The maximum absolute atomic E-state index is 11.9. The first kappa shape index (κ1) is 13.9. The quantitative estimate of drug-likeness (QED) is 0.816. The van der Waals surface area contributed by atoms with Crippen LogP contribution in [0.1, 0.15) is 12.8 Å². The van der Waals surface area contributed by atoms with Crippen molar-refractivity contribution in [2.75, 3.05) is 5.32 Å². The molecule has 1 rings (SSSR count). The fourth-order valence-corrected chi connectivity index (χ4v) is 1.16. The summed E-state index contributed by atoms with van der Waals surface area (Å²) in [6.45, 7) is -2.91. The van der Waals surface area contributed by atoms with Gasteiger partial charge < -0.3 is 20.0 Å². The molecule has 0 fully saturated rings. The Balaban J connectivity index is 2.48. The molecule has 0 saturated carbocycles. The molecule has 0 aromatic heterocycles. The second kappa shape index (κ2) is 6.53. The van der Waals surface area contributed by atoms with Gasteiger partial charge >= 0.3 is 6.61 Å². The number of carboxylic acids is 1. The normalized spacial score (nSPS) is 10.2. The van der Waals surface area contributed by atoms with Crippen molar-refractivity contribution < 1.29 is 28.2 Å². The average Bonchev–Trinajstić information content (AvgIpc) is 2.28. The molecule has 1 aromatic rings. The molecule has 1 amide bonds. The number of hydrogen-bond donors (Lipinski definition) is 1. The second-order valence-corrected chi connectivity index (χ2v) is 3.32. The highest BCUT2D eigenvalue weighted by molar-refractivity contribution is 5.92. The van der Waals surface area contributed by atoms with Gasteiger partial charge in [0.1, 0.15) is 5.75 Å². The molecule has 0 atom stereocenters. The summed E-state index contributed by atoms with van der Waals surface area (Å²) in [6.07, 6.45) is -0.587. The Morgan fingerprint density at radius 1 is 1.22 bits per heavy atom. The molecule has 1 aromatic carbocycles. The molecule has 0 spiro atoms. The zero-order valence-corrected chi connectivity index (χ0v) is 9.19. The second-order valence-electron chi connectivity index (χ2n) is 3.32. The lowest BCUT2D eigenvalue weighted by molar-refractivity contribution is -0.305. The third-order valence-electron chi connectivity index (χ3n) is 1.92. The Morgan fingerprint density at radius 3 is 2.33 bits per heavy atom. The van der Waals surface area contributed by atoms with Crippen LogP contribution in [0.5, 0.6) is 5.75 Å². The summed E-state index contributed by atoms with van der Waals surface area (Å²) < 4.78 is 27.8. The number of nitrogens with one attached hydrogen (secondary N) is 1. The number of rotatable bonds is 6. The molecule has 0 radical (unpaired) electrons. The van der Waals surface area contributed by atoms with E-state index in [0.29, 0.717) is 5.69 Å². The van der Waals surface area contributed by atoms with E-state index in [-0.39, 0.29) is 18.6 Å². The molecule has 1 N–H and O–H groups in total. The van der Waals surface area contributed by atoms with Gasteiger partial charge in [-0.2, -0.15) is 8.78 Å². The molecule has 0 aliphatic carbocycles. The molecule has 0 aliphatic heterocycles. The van der Waals surface area contributed by atoms with Gasteiger partial charge in [-0.25, -0.2) is 0 Å². The van der Waals surface area contributed by atoms with Gasteiger partial charge in [0.25, 0.3) is 0 Å². The van der Waals surface area contributed by atoms with Crippen LogP contribution in [0.4, 0.5) is 14.5 Å². The van der Waals surface area contributed by atoms with E-state index in [4.69, 9.17) is 0 Å². The number of carbonyl (C=O) groups is 2. The van der Waals surface area contributed by atoms with Gasteiger partial charge in [0.2, 0.25) is 5.91 Å². The summed E-state index contributed by atoms with van der Waals surface area (Å²) >= 11 is 0. The first-order chi connectivity index (χ1) is 8.47. The number of carbonyl (C=O) groups excluding carboxylic acids is 2. The molecule has 0 bridgehead atoms. The van der Waals surface area contributed by atoms with E-state index in [1.54, 1.807) is 0 Å². The highest BCUT2D eigenvalue weighted by Crippen LogP contribution is 2.17. The summed E-state index contributed by atoms with van der Waals surface area (Å²) in [4.78, 5) is 21.4. The Bertz CT molecular complexity index is 420. The molecular weight excluding hydrogens is 248 g/mol. The van der Waals surface area contributed by atoms with Gasteiger partial charge in [-0.15, -0.1) is 0 Å². The lowest BCUT2D eigenvalue weighted by Gasteiger charge is -2.07. The van der Waals surface area contributed by atoms with Crippen LogP contribution in [0, 0.1) is 0 Å². The van der Waals surface area contributed by atoms with Gasteiger partial charge in [-0.05, 0) is 30.7 Å². The first-order valence-corrected chi connectivity index (χ1v) is 5.02. The molecule has 0 unspecified atom stereocenters. The minimum absolute atomic E-state index is 0.0299. The number of hydrogen-bond acceptors (Lipinski definition) is 4. The van der Waals surface area contributed by atoms with Crippen LogP contribution in [0.2, 0.25) is 0 Å². The molecule has 98 valence electrons. The van der Waals surface area contributed by atoms with Crippen LogP contribution in [0.3, 0.4) is 0 Å². The maximum atomic E-state index is 11.9. The topological polar surface area (TPSA) is 78.5 Å². The van der Waals surface area contributed by atoms with Crippen molar-refractivity contribution in [2.24, 2.45) is 0 Å². The van der Waals surface area contributed by atoms with Crippen molar-refractivity contribution in [1.29, 1.82) is 0 Å². The van der Waals surface area contributed by atoms with Crippen LogP contribution in [0.25, 0.3) is 0 Å². The van der Waals surface area contributed by atoms with Crippen molar-refractivity contribution in [3.8, 4) is 5.75 Å². The van der Waals surface area contributed by atoms with Crippen molar-refractivity contribution in [2.45, 2.75) is 19.5 Å². The fourth-order valence-electron chi connectivity index (χ4n) is 1.16. The minimum Gasteiger partial charge on any atom is -0.550 e. The summed E-state index contributed by atoms with van der Waals surface area (Å²) in [5, 5.41) is 12.5. The summed E-state index contributed by atoms with van der Waals surface area (Å²) in [6, 6.07) is 5.27. The molecular formula is C11H10F2NO4-. The number of alkyl halides is 2. The van der Waals surface area contributed by atoms with E-state index < -0.39 is 18.5 Å². The molecule has 18 heavy (non-hydrogen) atoms. The third kappa shape index (κ3) is 5.24. The SMILES string of the molecule is O=C([O-])CCC(=O)Nc1ccc(OC(F)F)cc1. The Morgan fingerprint density at radius 2 is 1.83 bits per heavy atom. The average molecular weight is 258 g/mol. The number of halogens is 2. The van der Waals surface area contributed by atoms with Gasteiger partial charge in [-0.1, -0.05) is 0 Å². The van der Waals surface area contributed by atoms with Crippen LogP contribution in [0.15, 0.2) is 24.3 Å². The van der Waals surface area contributed by atoms with E-state index >= 15 is 0 Å². The first-order valence-electron chi connectivity index (χ1n) is 5.02. The molecule has 7 heteroatoms. The monoisotopic (exact) mass is 258 g/mol. The largest absolute Gasteiger partial charge is 0.550 e.